The Bertz CT molecular complexity index is 525. The van der Waals surface area contributed by atoms with Crippen LogP contribution >= 0.6 is 15.9 Å². The van der Waals surface area contributed by atoms with E-state index in [1.54, 1.807) is 7.11 Å². The van der Waals surface area contributed by atoms with Crippen LogP contribution < -0.4 is 10.5 Å². The summed E-state index contributed by atoms with van der Waals surface area (Å²) in [7, 11) is 1.66. The van der Waals surface area contributed by atoms with Crippen LogP contribution in [0.25, 0.3) is 0 Å². The molecule has 1 heterocycles. The van der Waals surface area contributed by atoms with E-state index in [9.17, 15) is 0 Å². The zero-order valence-electron chi connectivity index (χ0n) is 10.3. The van der Waals surface area contributed by atoms with E-state index in [1.807, 2.05) is 35.3 Å². The van der Waals surface area contributed by atoms with Crippen molar-refractivity contribution in [3.05, 3.63) is 46.2 Å². The lowest BCUT2D eigenvalue weighted by molar-refractivity contribution is 0.412. The lowest BCUT2D eigenvalue weighted by Crippen LogP contribution is -2.02. The summed E-state index contributed by atoms with van der Waals surface area (Å²) >= 11 is 3.48. The normalized spacial score (nSPS) is 10.6. The Kier molecular flexibility index (Phi) is 4.38. The summed E-state index contributed by atoms with van der Waals surface area (Å²) in [6.07, 6.45) is 4.77. The summed E-state index contributed by atoms with van der Waals surface area (Å²) in [5.74, 6) is 0.836. The van der Waals surface area contributed by atoms with Crippen LogP contribution in [0.5, 0.6) is 5.75 Å². The van der Waals surface area contributed by atoms with Gasteiger partial charge >= 0.3 is 0 Å². The number of hydrogen-bond acceptors (Lipinski definition) is 3. The highest BCUT2D eigenvalue weighted by molar-refractivity contribution is 9.10. The van der Waals surface area contributed by atoms with Crippen LogP contribution in [0.1, 0.15) is 11.1 Å². The smallest absolute Gasteiger partial charge is 0.133 e. The summed E-state index contributed by atoms with van der Waals surface area (Å²) in [5, 5.41) is 4.32. The first-order chi connectivity index (χ1) is 8.72. The number of rotatable bonds is 5. The average molecular weight is 310 g/mol. The largest absolute Gasteiger partial charge is 0.496 e. The van der Waals surface area contributed by atoms with Gasteiger partial charge in [0.15, 0.2) is 0 Å². The van der Waals surface area contributed by atoms with Gasteiger partial charge < -0.3 is 10.5 Å². The molecule has 0 atom stereocenters. The highest BCUT2D eigenvalue weighted by Crippen LogP contribution is 2.25. The number of hydrogen-bond donors (Lipinski definition) is 1. The Morgan fingerprint density at radius 1 is 1.39 bits per heavy atom. The summed E-state index contributed by atoms with van der Waals surface area (Å²) in [4.78, 5) is 0. The van der Waals surface area contributed by atoms with Crippen molar-refractivity contribution in [1.29, 1.82) is 0 Å². The van der Waals surface area contributed by atoms with Gasteiger partial charge in [0.2, 0.25) is 0 Å². The van der Waals surface area contributed by atoms with E-state index in [2.05, 4.69) is 21.0 Å². The van der Waals surface area contributed by atoms with E-state index in [-0.39, 0.29) is 0 Å². The number of ether oxygens (including phenoxy) is 1. The summed E-state index contributed by atoms with van der Waals surface area (Å²) in [6.45, 7) is 1.40. The number of aromatic nitrogens is 2. The Labute approximate surface area is 115 Å². The maximum atomic E-state index is 5.52. The topological polar surface area (TPSA) is 53.1 Å². The van der Waals surface area contributed by atoms with E-state index >= 15 is 0 Å². The molecule has 96 valence electrons. The Hall–Kier alpha value is -1.33. The number of benzene rings is 1. The molecule has 0 saturated carbocycles. The third-order valence-electron chi connectivity index (χ3n) is 2.68. The van der Waals surface area contributed by atoms with E-state index in [0.29, 0.717) is 6.54 Å². The van der Waals surface area contributed by atoms with Gasteiger partial charge in [-0.15, -0.1) is 0 Å². The molecule has 0 radical (unpaired) electrons. The van der Waals surface area contributed by atoms with Crippen molar-refractivity contribution in [3.63, 3.8) is 0 Å². The van der Waals surface area contributed by atoms with Crippen molar-refractivity contribution in [3.8, 4) is 5.75 Å². The van der Waals surface area contributed by atoms with E-state index in [0.717, 1.165) is 23.2 Å². The fourth-order valence-corrected chi connectivity index (χ4v) is 2.37. The standard InChI is InChI=1S/C13H16BrN3O/c1-18-13-3-2-10(6-12(13)14)8-17-9-11(4-5-15)7-16-17/h2-3,6-7,9H,4-5,8,15H2,1H3. The number of nitrogens with two attached hydrogens (primary N) is 1. The Morgan fingerprint density at radius 3 is 2.89 bits per heavy atom. The molecule has 1 aromatic heterocycles. The van der Waals surface area contributed by atoms with Gasteiger partial charge in [-0.1, -0.05) is 6.07 Å². The maximum absolute atomic E-state index is 5.52. The fourth-order valence-electron chi connectivity index (χ4n) is 1.78. The van der Waals surface area contributed by atoms with Crippen LogP contribution in [0.4, 0.5) is 0 Å². The fraction of sp³-hybridized carbons (Fsp3) is 0.308. The number of methoxy groups -OCH3 is 1. The lowest BCUT2D eigenvalue weighted by Gasteiger charge is -2.06. The minimum atomic E-state index is 0.653. The molecule has 0 amide bonds. The van der Waals surface area contributed by atoms with Crippen LogP contribution in [0.15, 0.2) is 35.1 Å². The second-order valence-electron chi connectivity index (χ2n) is 4.05. The van der Waals surface area contributed by atoms with Gasteiger partial charge in [-0.25, -0.2) is 0 Å². The molecule has 0 bridgehead atoms. The molecule has 0 aliphatic carbocycles. The van der Waals surface area contributed by atoms with E-state index in [4.69, 9.17) is 10.5 Å². The molecule has 0 fully saturated rings. The SMILES string of the molecule is COc1ccc(Cn2cc(CCN)cn2)cc1Br. The highest BCUT2D eigenvalue weighted by Gasteiger charge is 2.03. The van der Waals surface area contributed by atoms with Crippen molar-refractivity contribution < 1.29 is 4.74 Å². The molecule has 0 aliphatic rings. The van der Waals surface area contributed by atoms with Gasteiger partial charge in [-0.05, 0) is 52.2 Å². The molecule has 0 aliphatic heterocycles. The molecule has 4 nitrogen and oxygen atoms in total. The molecule has 18 heavy (non-hydrogen) atoms. The Morgan fingerprint density at radius 2 is 2.22 bits per heavy atom. The van der Waals surface area contributed by atoms with Crippen LogP contribution in [0, 0.1) is 0 Å². The number of nitrogens with zero attached hydrogens (tertiary/aromatic N) is 2. The number of halogens is 1. The molecule has 0 spiro atoms. The van der Waals surface area contributed by atoms with Crippen LogP contribution in [-0.2, 0) is 13.0 Å². The second kappa shape index (κ2) is 6.02. The van der Waals surface area contributed by atoms with Gasteiger partial charge in [0, 0.05) is 6.20 Å². The Balaban J connectivity index is 2.10. The van der Waals surface area contributed by atoms with Gasteiger partial charge in [-0.2, -0.15) is 5.10 Å². The van der Waals surface area contributed by atoms with Gasteiger partial charge in [-0.3, -0.25) is 4.68 Å². The first-order valence-corrected chi connectivity index (χ1v) is 6.56. The van der Waals surface area contributed by atoms with Crippen LogP contribution in [-0.4, -0.2) is 23.4 Å². The minimum Gasteiger partial charge on any atom is -0.496 e. The predicted molar refractivity (Wildman–Crippen MR) is 74.8 cm³/mol. The molecule has 0 saturated heterocycles. The third-order valence-corrected chi connectivity index (χ3v) is 3.30. The molecular formula is C13H16BrN3O. The summed E-state index contributed by atoms with van der Waals surface area (Å²) in [6, 6.07) is 6.03. The first kappa shape index (κ1) is 13.1. The van der Waals surface area contributed by atoms with E-state index in [1.165, 1.54) is 11.1 Å². The minimum absolute atomic E-state index is 0.653. The van der Waals surface area contributed by atoms with Gasteiger partial charge in [0.05, 0.1) is 24.3 Å². The van der Waals surface area contributed by atoms with Crippen molar-refractivity contribution in [2.75, 3.05) is 13.7 Å². The molecule has 1 aromatic carbocycles. The molecule has 0 unspecified atom stereocenters. The van der Waals surface area contributed by atoms with Gasteiger partial charge in [0.25, 0.3) is 0 Å². The van der Waals surface area contributed by atoms with E-state index < -0.39 is 0 Å². The molecular weight excluding hydrogens is 294 g/mol. The highest BCUT2D eigenvalue weighted by atomic mass is 79.9. The zero-order valence-corrected chi connectivity index (χ0v) is 11.9. The summed E-state index contributed by atoms with van der Waals surface area (Å²) in [5.41, 5.74) is 7.86. The first-order valence-electron chi connectivity index (χ1n) is 5.76. The van der Waals surface area contributed by atoms with Crippen LogP contribution in [0.2, 0.25) is 0 Å². The predicted octanol–water partition coefficient (Wildman–Crippen LogP) is 2.20. The van der Waals surface area contributed by atoms with Crippen molar-refractivity contribution >= 4 is 15.9 Å². The quantitative estimate of drug-likeness (QED) is 0.921. The van der Waals surface area contributed by atoms with Crippen molar-refractivity contribution in [2.24, 2.45) is 5.73 Å². The third kappa shape index (κ3) is 3.11. The average Bonchev–Trinajstić information content (AvgIpc) is 2.77. The molecule has 5 heteroatoms. The maximum Gasteiger partial charge on any atom is 0.133 e. The second-order valence-corrected chi connectivity index (χ2v) is 4.91. The lowest BCUT2D eigenvalue weighted by atomic mass is 10.2. The van der Waals surface area contributed by atoms with Gasteiger partial charge in [0.1, 0.15) is 5.75 Å². The summed E-state index contributed by atoms with van der Waals surface area (Å²) < 4.78 is 8.07. The van der Waals surface area contributed by atoms with Crippen molar-refractivity contribution in [2.45, 2.75) is 13.0 Å². The van der Waals surface area contributed by atoms with Crippen LogP contribution in [0.3, 0.4) is 0 Å². The molecule has 2 N–H and O–H groups in total. The molecule has 2 rings (SSSR count). The molecule has 2 aromatic rings. The zero-order chi connectivity index (χ0) is 13.0. The van der Waals surface area contributed by atoms with Crippen molar-refractivity contribution in [1.82, 2.24) is 9.78 Å². The monoisotopic (exact) mass is 309 g/mol.